The van der Waals surface area contributed by atoms with E-state index >= 15 is 0 Å². The van der Waals surface area contributed by atoms with Crippen LogP contribution >= 0.6 is 0 Å². The zero-order chi connectivity index (χ0) is 22.3. The second kappa shape index (κ2) is 9.53. The van der Waals surface area contributed by atoms with Crippen molar-refractivity contribution in [3.63, 3.8) is 0 Å². The maximum absolute atomic E-state index is 14.2. The Balaban J connectivity index is 1.39. The fraction of sp³-hybridized carbons (Fsp3) is 0.136. The van der Waals surface area contributed by atoms with Crippen LogP contribution in [0.15, 0.2) is 59.3 Å². The highest BCUT2D eigenvalue weighted by molar-refractivity contribution is 5.60. The summed E-state index contributed by atoms with van der Waals surface area (Å²) in [7, 11) is 0. The highest BCUT2D eigenvalue weighted by Crippen LogP contribution is 2.23. The van der Waals surface area contributed by atoms with Gasteiger partial charge in [-0.05, 0) is 48.9 Å². The summed E-state index contributed by atoms with van der Waals surface area (Å²) in [4.78, 5) is 12.2. The van der Waals surface area contributed by atoms with E-state index in [4.69, 9.17) is 14.5 Å². The van der Waals surface area contributed by atoms with Gasteiger partial charge in [0.1, 0.15) is 5.75 Å². The van der Waals surface area contributed by atoms with Crippen molar-refractivity contribution in [2.45, 2.75) is 20.0 Å². The van der Waals surface area contributed by atoms with E-state index in [1.54, 1.807) is 43.3 Å². The molecule has 9 nitrogen and oxygen atoms in total. The fourth-order valence-electron chi connectivity index (χ4n) is 2.76. The Morgan fingerprint density at radius 2 is 1.75 bits per heavy atom. The lowest BCUT2D eigenvalue weighted by molar-refractivity contribution is 0.242. The topological polar surface area (TPSA) is 122 Å². The molecule has 2 heterocycles. The quantitative estimate of drug-likeness (QED) is 0.417. The van der Waals surface area contributed by atoms with Gasteiger partial charge in [-0.1, -0.05) is 17.3 Å². The highest BCUT2D eigenvalue weighted by atomic mass is 19.1. The predicted molar refractivity (Wildman–Crippen MR) is 114 cm³/mol. The number of nitriles is 1. The molecule has 10 heteroatoms. The number of halogens is 1. The second-order valence-corrected chi connectivity index (χ2v) is 6.72. The summed E-state index contributed by atoms with van der Waals surface area (Å²) in [6.45, 7) is 1.88. The summed E-state index contributed by atoms with van der Waals surface area (Å²) in [5.74, 6) is 1.19. The van der Waals surface area contributed by atoms with E-state index in [2.05, 4.69) is 36.8 Å². The van der Waals surface area contributed by atoms with Crippen LogP contribution in [0.2, 0.25) is 0 Å². The van der Waals surface area contributed by atoms with Crippen molar-refractivity contribution in [3.8, 4) is 11.8 Å². The second-order valence-electron chi connectivity index (χ2n) is 6.72. The van der Waals surface area contributed by atoms with Gasteiger partial charge < -0.3 is 19.9 Å². The molecule has 160 valence electrons. The van der Waals surface area contributed by atoms with Gasteiger partial charge in [0, 0.05) is 11.4 Å². The molecule has 0 aliphatic rings. The molecule has 2 aromatic heterocycles. The van der Waals surface area contributed by atoms with Gasteiger partial charge in [-0.2, -0.15) is 15.2 Å². The van der Waals surface area contributed by atoms with E-state index in [0.29, 0.717) is 29.6 Å². The minimum Gasteiger partial charge on any atom is -0.484 e. The van der Waals surface area contributed by atoms with E-state index in [-0.39, 0.29) is 18.4 Å². The zero-order valence-corrected chi connectivity index (χ0v) is 17.0. The first-order valence-corrected chi connectivity index (χ1v) is 9.63. The third kappa shape index (κ3) is 5.34. The van der Waals surface area contributed by atoms with Gasteiger partial charge in [-0.3, -0.25) is 0 Å². The summed E-state index contributed by atoms with van der Waals surface area (Å²) in [5.41, 5.74) is 2.25. The summed E-state index contributed by atoms with van der Waals surface area (Å²) < 4.78 is 24.8. The first-order chi connectivity index (χ1) is 15.6. The summed E-state index contributed by atoms with van der Waals surface area (Å²) in [6.07, 6.45) is 1.42. The Kier molecular flexibility index (Phi) is 6.17. The third-order valence-corrected chi connectivity index (χ3v) is 4.29. The number of anilines is 4. The molecule has 0 bridgehead atoms. The van der Waals surface area contributed by atoms with E-state index in [1.807, 2.05) is 12.1 Å². The van der Waals surface area contributed by atoms with Gasteiger partial charge in [-0.15, -0.1) is 0 Å². The average Bonchev–Trinajstić information content (AvgIpc) is 3.22. The third-order valence-electron chi connectivity index (χ3n) is 4.29. The van der Waals surface area contributed by atoms with Crippen LogP contribution in [0.3, 0.4) is 0 Å². The largest absolute Gasteiger partial charge is 0.484 e. The Bertz CT molecular complexity index is 1230. The molecule has 4 rings (SSSR count). The van der Waals surface area contributed by atoms with Crippen LogP contribution in [0.1, 0.15) is 17.3 Å². The van der Waals surface area contributed by atoms with Crippen molar-refractivity contribution in [1.29, 1.82) is 5.26 Å². The number of nitrogens with one attached hydrogen (secondary N) is 2. The number of aromatic nitrogens is 4. The van der Waals surface area contributed by atoms with Crippen molar-refractivity contribution in [2.75, 3.05) is 10.6 Å². The van der Waals surface area contributed by atoms with Crippen LogP contribution in [-0.2, 0) is 13.0 Å². The molecule has 0 saturated heterocycles. The van der Waals surface area contributed by atoms with Gasteiger partial charge in [0.05, 0.1) is 18.7 Å². The van der Waals surface area contributed by atoms with Crippen LogP contribution < -0.4 is 15.4 Å². The molecule has 0 aliphatic heterocycles. The van der Waals surface area contributed by atoms with Crippen molar-refractivity contribution >= 4 is 23.1 Å². The van der Waals surface area contributed by atoms with Gasteiger partial charge in [0.2, 0.25) is 5.95 Å². The van der Waals surface area contributed by atoms with Crippen LogP contribution in [0, 0.1) is 24.1 Å². The molecular weight excluding hydrogens is 413 g/mol. The van der Waals surface area contributed by atoms with E-state index in [9.17, 15) is 4.39 Å². The van der Waals surface area contributed by atoms with Crippen molar-refractivity contribution in [1.82, 2.24) is 20.1 Å². The summed E-state index contributed by atoms with van der Waals surface area (Å²) in [6, 6.07) is 16.3. The van der Waals surface area contributed by atoms with Crippen LogP contribution in [0.25, 0.3) is 0 Å². The number of benzene rings is 2. The maximum atomic E-state index is 14.2. The molecular formula is C22H18FN7O2. The molecule has 2 aromatic carbocycles. The molecule has 0 spiro atoms. The predicted octanol–water partition coefficient (Wildman–Crippen LogP) is 4.44. The molecule has 0 unspecified atom stereocenters. The lowest BCUT2D eigenvalue weighted by Crippen LogP contribution is -2.03. The number of rotatable bonds is 8. The molecule has 32 heavy (non-hydrogen) atoms. The van der Waals surface area contributed by atoms with E-state index < -0.39 is 5.82 Å². The standard InChI is InChI=1S/C22H18FN7O2/c1-14-26-20(32-30-14)13-31-18-8-6-16(7-9-18)27-21-19(23)12-25-22(29-21)28-17-4-2-15(3-5-17)10-11-24/h2-9,12H,10,13H2,1H3,(H2,25,27,28,29). The maximum Gasteiger partial charge on any atom is 0.264 e. The van der Waals surface area contributed by atoms with Gasteiger partial charge in [0.15, 0.2) is 24.1 Å². The number of hydrogen-bond acceptors (Lipinski definition) is 9. The lowest BCUT2D eigenvalue weighted by atomic mass is 10.1. The number of hydrogen-bond donors (Lipinski definition) is 2. The van der Waals surface area contributed by atoms with Crippen molar-refractivity contribution in [3.05, 3.63) is 77.8 Å². The lowest BCUT2D eigenvalue weighted by Gasteiger charge is -2.10. The Labute approximate surface area is 182 Å². The summed E-state index contributed by atoms with van der Waals surface area (Å²) in [5, 5.41) is 18.4. The molecule has 0 amide bonds. The molecule has 0 radical (unpaired) electrons. The van der Waals surface area contributed by atoms with Gasteiger partial charge in [-0.25, -0.2) is 9.37 Å². The van der Waals surface area contributed by atoms with Crippen LogP contribution in [0.5, 0.6) is 5.75 Å². The highest BCUT2D eigenvalue weighted by Gasteiger charge is 2.09. The molecule has 0 aliphatic carbocycles. The zero-order valence-electron chi connectivity index (χ0n) is 17.0. The van der Waals surface area contributed by atoms with Crippen LogP contribution in [0.4, 0.5) is 27.5 Å². The minimum absolute atomic E-state index is 0.0265. The summed E-state index contributed by atoms with van der Waals surface area (Å²) >= 11 is 0. The van der Waals surface area contributed by atoms with E-state index in [1.165, 1.54) is 0 Å². The van der Waals surface area contributed by atoms with Crippen LogP contribution in [-0.4, -0.2) is 20.1 Å². The molecule has 0 saturated carbocycles. The molecule has 4 aromatic rings. The van der Waals surface area contributed by atoms with Gasteiger partial charge in [0.25, 0.3) is 5.89 Å². The number of ether oxygens (including phenoxy) is 1. The number of nitrogens with zero attached hydrogens (tertiary/aromatic N) is 5. The monoisotopic (exact) mass is 431 g/mol. The number of aryl methyl sites for hydroxylation is 1. The Hall–Kier alpha value is -4.52. The molecule has 0 fully saturated rings. The molecule has 2 N–H and O–H groups in total. The van der Waals surface area contributed by atoms with Gasteiger partial charge >= 0.3 is 0 Å². The first kappa shape index (κ1) is 20.7. The minimum atomic E-state index is -0.591. The first-order valence-electron chi connectivity index (χ1n) is 9.63. The van der Waals surface area contributed by atoms with E-state index in [0.717, 1.165) is 17.4 Å². The smallest absolute Gasteiger partial charge is 0.264 e. The van der Waals surface area contributed by atoms with Crippen molar-refractivity contribution in [2.24, 2.45) is 0 Å². The average molecular weight is 431 g/mol. The SMILES string of the molecule is Cc1noc(COc2ccc(Nc3nc(Nc4ccc(CC#N)cc4)ncc3F)cc2)n1. The van der Waals surface area contributed by atoms with Crippen molar-refractivity contribution < 1.29 is 13.7 Å². The molecule has 0 atom stereocenters. The normalized spacial score (nSPS) is 10.4. The Morgan fingerprint density at radius 3 is 2.44 bits per heavy atom. The Morgan fingerprint density at radius 1 is 1.03 bits per heavy atom. The fourth-order valence-corrected chi connectivity index (χ4v) is 2.76.